The van der Waals surface area contributed by atoms with Crippen LogP contribution < -0.4 is 0 Å². The van der Waals surface area contributed by atoms with Crippen LogP contribution in [0.15, 0.2) is 24.3 Å². The van der Waals surface area contributed by atoms with Crippen molar-refractivity contribution in [1.82, 2.24) is 9.78 Å². The number of hydrogen-bond donors (Lipinski definition) is 1. The zero-order chi connectivity index (χ0) is 12.3. The summed E-state index contributed by atoms with van der Waals surface area (Å²) < 4.78 is 1.80. The van der Waals surface area contributed by atoms with Crippen LogP contribution in [0.4, 0.5) is 0 Å². The second kappa shape index (κ2) is 5.03. The van der Waals surface area contributed by atoms with Gasteiger partial charge in [0.25, 0.3) is 0 Å². The fourth-order valence-electron chi connectivity index (χ4n) is 2.02. The van der Waals surface area contributed by atoms with E-state index in [1.807, 2.05) is 31.3 Å². The van der Waals surface area contributed by atoms with Crippen LogP contribution in [0.1, 0.15) is 31.1 Å². The Morgan fingerprint density at radius 1 is 1.47 bits per heavy atom. The highest BCUT2D eigenvalue weighted by atomic mass is 16.3. The highest BCUT2D eigenvalue weighted by Gasteiger charge is 2.15. The van der Waals surface area contributed by atoms with Crippen LogP contribution in [0.25, 0.3) is 10.9 Å². The summed E-state index contributed by atoms with van der Waals surface area (Å²) >= 11 is 0. The summed E-state index contributed by atoms with van der Waals surface area (Å²) in [4.78, 5) is 0. The first-order chi connectivity index (χ1) is 8.24. The van der Waals surface area contributed by atoms with Gasteiger partial charge in [0.2, 0.25) is 0 Å². The molecule has 1 heterocycles. The molecule has 3 nitrogen and oxygen atoms in total. The van der Waals surface area contributed by atoms with Crippen LogP contribution in [0.3, 0.4) is 0 Å². The number of aliphatic hydroxyl groups is 1. The van der Waals surface area contributed by atoms with Crippen LogP contribution in [-0.4, -0.2) is 14.9 Å². The van der Waals surface area contributed by atoms with Gasteiger partial charge in [0.1, 0.15) is 0 Å². The van der Waals surface area contributed by atoms with E-state index in [9.17, 15) is 5.11 Å². The highest BCUT2D eigenvalue weighted by Crippen LogP contribution is 2.26. The van der Waals surface area contributed by atoms with Gasteiger partial charge < -0.3 is 5.11 Å². The first-order valence-corrected chi connectivity index (χ1v) is 5.77. The summed E-state index contributed by atoms with van der Waals surface area (Å²) in [6.07, 6.45) is 6.84. The maximum atomic E-state index is 10.1. The average Bonchev–Trinajstić information content (AvgIpc) is 2.68. The van der Waals surface area contributed by atoms with E-state index in [1.54, 1.807) is 4.68 Å². The van der Waals surface area contributed by atoms with Crippen LogP contribution in [0, 0.1) is 12.3 Å². The topological polar surface area (TPSA) is 38.1 Å². The molecule has 3 heteroatoms. The third-order valence-electron chi connectivity index (χ3n) is 2.90. The minimum Gasteiger partial charge on any atom is -0.387 e. The maximum Gasteiger partial charge on any atom is 0.0988 e. The Morgan fingerprint density at radius 2 is 2.24 bits per heavy atom. The Labute approximate surface area is 101 Å². The van der Waals surface area contributed by atoms with Gasteiger partial charge in [-0.25, -0.2) is 0 Å². The monoisotopic (exact) mass is 228 g/mol. The molecule has 2 aromatic rings. The molecule has 0 fully saturated rings. The lowest BCUT2D eigenvalue weighted by Gasteiger charge is -2.06. The van der Waals surface area contributed by atoms with Gasteiger partial charge in [-0.15, -0.1) is 12.3 Å². The van der Waals surface area contributed by atoms with Crippen LogP contribution in [0.2, 0.25) is 0 Å². The van der Waals surface area contributed by atoms with Crippen molar-refractivity contribution in [3.63, 3.8) is 0 Å². The minimum atomic E-state index is -0.533. The molecular weight excluding hydrogens is 212 g/mol. The number of fused-ring (bicyclic) bond motifs is 1. The molecule has 0 bridgehead atoms. The molecule has 88 valence electrons. The van der Waals surface area contributed by atoms with E-state index in [0.717, 1.165) is 23.0 Å². The van der Waals surface area contributed by atoms with E-state index in [1.165, 1.54) is 0 Å². The Hall–Kier alpha value is -1.79. The molecule has 1 aromatic heterocycles. The van der Waals surface area contributed by atoms with E-state index in [0.29, 0.717) is 12.8 Å². The highest BCUT2D eigenvalue weighted by molar-refractivity contribution is 5.82. The van der Waals surface area contributed by atoms with Gasteiger partial charge in [0, 0.05) is 18.9 Å². The summed E-state index contributed by atoms with van der Waals surface area (Å²) in [5, 5.41) is 15.5. The molecule has 0 saturated carbocycles. The van der Waals surface area contributed by atoms with Gasteiger partial charge in [-0.1, -0.05) is 18.2 Å². The number of aromatic nitrogens is 2. The van der Waals surface area contributed by atoms with E-state index >= 15 is 0 Å². The molecule has 0 radical (unpaired) electrons. The van der Waals surface area contributed by atoms with Crippen molar-refractivity contribution in [3.8, 4) is 12.3 Å². The average molecular weight is 228 g/mol. The van der Waals surface area contributed by atoms with Crippen LogP contribution in [0.5, 0.6) is 0 Å². The van der Waals surface area contributed by atoms with Crippen molar-refractivity contribution in [2.24, 2.45) is 7.05 Å². The number of nitrogens with zero attached hydrogens (tertiary/aromatic N) is 2. The third kappa shape index (κ3) is 2.32. The smallest absolute Gasteiger partial charge is 0.0988 e. The van der Waals surface area contributed by atoms with Gasteiger partial charge >= 0.3 is 0 Å². The van der Waals surface area contributed by atoms with Crippen LogP contribution >= 0.6 is 0 Å². The Balaban J connectivity index is 2.26. The lowest BCUT2D eigenvalue weighted by atomic mass is 10.1. The van der Waals surface area contributed by atoms with Crippen molar-refractivity contribution >= 4 is 10.9 Å². The normalized spacial score (nSPS) is 12.5. The quantitative estimate of drug-likeness (QED) is 0.644. The zero-order valence-electron chi connectivity index (χ0n) is 9.93. The number of aryl methyl sites for hydroxylation is 1. The minimum absolute atomic E-state index is 0.533. The van der Waals surface area contributed by atoms with Crippen molar-refractivity contribution in [3.05, 3.63) is 30.0 Å². The Bertz CT molecular complexity index is 551. The molecule has 1 aromatic carbocycles. The number of aliphatic hydroxyl groups excluding tert-OH is 1. The largest absolute Gasteiger partial charge is 0.387 e. The molecule has 0 aliphatic carbocycles. The van der Waals surface area contributed by atoms with Gasteiger partial charge in [-0.05, 0) is 18.9 Å². The molecule has 0 aliphatic heterocycles. The molecule has 0 aliphatic rings. The lowest BCUT2D eigenvalue weighted by molar-refractivity contribution is 0.161. The molecule has 1 unspecified atom stereocenters. The van der Waals surface area contributed by atoms with E-state index < -0.39 is 6.10 Å². The standard InChI is InChI=1S/C14H16N2O/c1-3-4-5-10-13(17)14-11-8-6-7-9-12(11)16(2)15-14/h1,6-9,13,17H,4-5,10H2,2H3. The molecule has 0 amide bonds. The number of para-hydroxylation sites is 1. The molecule has 2 rings (SSSR count). The summed E-state index contributed by atoms with van der Waals surface area (Å²) in [6.45, 7) is 0. The maximum absolute atomic E-state index is 10.1. The van der Waals surface area contributed by atoms with Gasteiger partial charge in [-0.2, -0.15) is 5.10 Å². The lowest BCUT2D eigenvalue weighted by Crippen LogP contribution is -2.00. The van der Waals surface area contributed by atoms with E-state index in [2.05, 4.69) is 11.0 Å². The molecule has 1 atom stereocenters. The fourth-order valence-corrected chi connectivity index (χ4v) is 2.02. The Kier molecular flexibility index (Phi) is 3.46. The number of hydrogen-bond acceptors (Lipinski definition) is 2. The van der Waals surface area contributed by atoms with Gasteiger partial charge in [-0.3, -0.25) is 4.68 Å². The third-order valence-corrected chi connectivity index (χ3v) is 2.90. The fraction of sp³-hybridized carbons (Fsp3) is 0.357. The van der Waals surface area contributed by atoms with Gasteiger partial charge in [0.05, 0.1) is 17.3 Å². The van der Waals surface area contributed by atoms with Gasteiger partial charge in [0.15, 0.2) is 0 Å². The summed E-state index contributed by atoms with van der Waals surface area (Å²) in [7, 11) is 1.89. The molecule has 0 spiro atoms. The van der Waals surface area contributed by atoms with E-state index in [-0.39, 0.29) is 0 Å². The van der Waals surface area contributed by atoms with Crippen molar-refractivity contribution in [2.45, 2.75) is 25.4 Å². The predicted octanol–water partition coefficient (Wildman–Crippen LogP) is 2.41. The second-order valence-electron chi connectivity index (χ2n) is 4.14. The number of terminal acetylenes is 1. The first-order valence-electron chi connectivity index (χ1n) is 5.77. The molecule has 0 saturated heterocycles. The Morgan fingerprint density at radius 3 is 3.00 bits per heavy atom. The summed E-state index contributed by atoms with van der Waals surface area (Å²) in [5.74, 6) is 2.58. The van der Waals surface area contributed by atoms with Crippen molar-refractivity contribution in [2.75, 3.05) is 0 Å². The van der Waals surface area contributed by atoms with E-state index in [4.69, 9.17) is 6.42 Å². The molecular formula is C14H16N2O. The predicted molar refractivity (Wildman–Crippen MR) is 68.4 cm³/mol. The molecule has 1 N–H and O–H groups in total. The van der Waals surface area contributed by atoms with Crippen molar-refractivity contribution in [1.29, 1.82) is 0 Å². The number of benzene rings is 1. The summed E-state index contributed by atoms with van der Waals surface area (Å²) in [5.41, 5.74) is 1.79. The zero-order valence-corrected chi connectivity index (χ0v) is 9.93. The SMILES string of the molecule is C#CCCCC(O)c1nn(C)c2ccccc12. The van der Waals surface area contributed by atoms with Crippen LogP contribution in [-0.2, 0) is 7.05 Å². The molecule has 17 heavy (non-hydrogen) atoms. The van der Waals surface area contributed by atoms with Crippen molar-refractivity contribution < 1.29 is 5.11 Å². The number of unbranched alkanes of at least 4 members (excludes halogenated alkanes) is 1. The number of rotatable bonds is 4. The second-order valence-corrected chi connectivity index (χ2v) is 4.14. The first kappa shape index (κ1) is 11.7. The summed E-state index contributed by atoms with van der Waals surface area (Å²) in [6, 6.07) is 7.92.